The Morgan fingerprint density at radius 2 is 2.12 bits per heavy atom. The summed E-state index contributed by atoms with van der Waals surface area (Å²) in [5, 5.41) is 0. The highest BCUT2D eigenvalue weighted by Gasteiger charge is 2.34. The molecule has 0 atom stereocenters. The van der Waals surface area contributed by atoms with E-state index < -0.39 is 10.0 Å². The van der Waals surface area contributed by atoms with E-state index in [1.807, 2.05) is 25.1 Å². The van der Waals surface area contributed by atoms with E-state index in [9.17, 15) is 8.42 Å². The fourth-order valence-electron chi connectivity index (χ4n) is 2.14. The molecule has 4 heteroatoms. The molecule has 0 aliphatic carbocycles. The van der Waals surface area contributed by atoms with Crippen LogP contribution in [0.2, 0.25) is 0 Å². The summed E-state index contributed by atoms with van der Waals surface area (Å²) < 4.78 is 26.1. The molecule has 1 aromatic rings. The van der Waals surface area contributed by atoms with E-state index in [1.165, 1.54) is 0 Å². The van der Waals surface area contributed by atoms with Crippen LogP contribution >= 0.6 is 0 Å². The van der Waals surface area contributed by atoms with Crippen molar-refractivity contribution in [3.63, 3.8) is 0 Å². The molecule has 0 N–H and O–H groups in total. The average molecular weight is 239 g/mol. The highest BCUT2D eigenvalue weighted by molar-refractivity contribution is 7.89. The molecular weight excluding hydrogens is 222 g/mol. The van der Waals surface area contributed by atoms with Crippen molar-refractivity contribution < 1.29 is 8.42 Å². The zero-order valence-electron chi connectivity index (χ0n) is 9.73. The maximum absolute atomic E-state index is 12.2. The fraction of sp³-hybridized carbons (Fsp3) is 0.500. The van der Waals surface area contributed by atoms with Gasteiger partial charge in [-0.05, 0) is 24.5 Å². The predicted octanol–water partition coefficient (Wildman–Crippen LogP) is 2.30. The largest absolute Gasteiger partial charge is 0.243 e. The first-order valence-electron chi connectivity index (χ1n) is 5.66. The van der Waals surface area contributed by atoms with E-state index in [1.54, 1.807) is 4.31 Å². The lowest BCUT2D eigenvalue weighted by molar-refractivity contribution is 0.415. The summed E-state index contributed by atoms with van der Waals surface area (Å²) in [6.45, 7) is 5.10. The number of hydrogen-bond acceptors (Lipinski definition) is 2. The minimum Gasteiger partial charge on any atom is -0.207 e. The molecular formula is C12H17NO2S. The van der Waals surface area contributed by atoms with Crippen molar-refractivity contribution in [3.8, 4) is 0 Å². The molecule has 0 amide bonds. The van der Waals surface area contributed by atoms with Gasteiger partial charge in [0.2, 0.25) is 10.0 Å². The van der Waals surface area contributed by atoms with E-state index in [4.69, 9.17) is 0 Å². The molecule has 1 heterocycles. The van der Waals surface area contributed by atoms with Gasteiger partial charge in [0, 0.05) is 13.1 Å². The second-order valence-corrected chi connectivity index (χ2v) is 6.13. The van der Waals surface area contributed by atoms with Crippen LogP contribution in [0.3, 0.4) is 0 Å². The van der Waals surface area contributed by atoms with Gasteiger partial charge in [-0.15, -0.1) is 0 Å². The van der Waals surface area contributed by atoms with Gasteiger partial charge in [0.05, 0.1) is 4.90 Å². The lowest BCUT2D eigenvalue weighted by Crippen LogP contribution is -2.25. The van der Waals surface area contributed by atoms with Gasteiger partial charge in [0.1, 0.15) is 0 Å². The number of unbranched alkanes of at least 4 members (excludes halogenated alkanes) is 1. The molecule has 2 rings (SSSR count). The molecule has 0 saturated heterocycles. The Morgan fingerprint density at radius 1 is 1.38 bits per heavy atom. The maximum Gasteiger partial charge on any atom is 0.243 e. The smallest absolute Gasteiger partial charge is 0.207 e. The minimum absolute atomic E-state index is 0.533. The molecule has 0 aromatic heterocycles. The first kappa shape index (κ1) is 11.6. The summed E-state index contributed by atoms with van der Waals surface area (Å²) in [5.74, 6) is 0. The third-order valence-electron chi connectivity index (χ3n) is 3.00. The van der Waals surface area contributed by atoms with Crippen molar-refractivity contribution in [1.82, 2.24) is 4.31 Å². The van der Waals surface area contributed by atoms with Crippen LogP contribution in [0.25, 0.3) is 0 Å². The van der Waals surface area contributed by atoms with E-state index >= 15 is 0 Å². The van der Waals surface area contributed by atoms with Crippen molar-refractivity contribution in [3.05, 3.63) is 29.3 Å². The topological polar surface area (TPSA) is 37.4 Å². The van der Waals surface area contributed by atoms with Crippen molar-refractivity contribution in [2.75, 3.05) is 6.54 Å². The number of aryl methyl sites for hydroxylation is 1. The molecule has 1 aliphatic rings. The van der Waals surface area contributed by atoms with Gasteiger partial charge >= 0.3 is 0 Å². The number of sulfonamides is 1. The van der Waals surface area contributed by atoms with Gasteiger partial charge in [-0.2, -0.15) is 4.31 Å². The third kappa shape index (κ3) is 1.76. The highest BCUT2D eigenvalue weighted by Crippen LogP contribution is 2.32. The first-order chi connectivity index (χ1) is 7.57. The van der Waals surface area contributed by atoms with Crippen LogP contribution in [0.4, 0.5) is 0 Å². The van der Waals surface area contributed by atoms with E-state index in [0.717, 1.165) is 24.0 Å². The molecule has 0 spiro atoms. The Bertz CT molecular complexity index is 494. The van der Waals surface area contributed by atoms with Crippen molar-refractivity contribution in [2.45, 2.75) is 38.1 Å². The fourth-order valence-corrected chi connectivity index (χ4v) is 4.02. The second-order valence-electron chi connectivity index (χ2n) is 4.26. The Labute approximate surface area is 97.1 Å². The predicted molar refractivity (Wildman–Crippen MR) is 63.7 cm³/mol. The van der Waals surface area contributed by atoms with E-state index in [-0.39, 0.29) is 0 Å². The Morgan fingerprint density at radius 3 is 2.75 bits per heavy atom. The van der Waals surface area contributed by atoms with Gasteiger partial charge < -0.3 is 0 Å². The van der Waals surface area contributed by atoms with Crippen LogP contribution in [0.15, 0.2) is 23.1 Å². The summed E-state index contributed by atoms with van der Waals surface area (Å²) >= 11 is 0. The summed E-state index contributed by atoms with van der Waals surface area (Å²) in [4.78, 5) is 0.533. The average Bonchev–Trinajstić information content (AvgIpc) is 2.48. The standard InChI is InChI=1S/C12H17NO2S/c1-3-4-8-13-9-11-7-5-6-10(2)12(11)16(13,14)15/h5-7H,3-4,8-9H2,1-2H3. The number of rotatable bonds is 3. The van der Waals surface area contributed by atoms with E-state index in [2.05, 4.69) is 6.92 Å². The van der Waals surface area contributed by atoms with Crippen molar-refractivity contribution in [2.24, 2.45) is 0 Å². The SMILES string of the molecule is CCCCN1Cc2cccc(C)c2S1(=O)=O. The number of benzene rings is 1. The van der Waals surface area contributed by atoms with Crippen molar-refractivity contribution in [1.29, 1.82) is 0 Å². The Kier molecular flexibility index (Phi) is 3.04. The van der Waals surface area contributed by atoms with Gasteiger partial charge in [0.25, 0.3) is 0 Å². The molecule has 0 bridgehead atoms. The molecule has 0 fully saturated rings. The van der Waals surface area contributed by atoms with Gasteiger partial charge in [-0.1, -0.05) is 31.5 Å². The lowest BCUT2D eigenvalue weighted by Gasteiger charge is -2.13. The highest BCUT2D eigenvalue weighted by atomic mass is 32.2. The summed E-state index contributed by atoms with van der Waals surface area (Å²) in [6.07, 6.45) is 1.94. The number of hydrogen-bond donors (Lipinski definition) is 0. The molecule has 3 nitrogen and oxygen atoms in total. The second kappa shape index (κ2) is 4.18. The van der Waals surface area contributed by atoms with Crippen LogP contribution in [0, 0.1) is 6.92 Å². The van der Waals surface area contributed by atoms with Gasteiger partial charge in [-0.3, -0.25) is 0 Å². The van der Waals surface area contributed by atoms with Gasteiger partial charge in [0.15, 0.2) is 0 Å². The summed E-state index contributed by atoms with van der Waals surface area (Å²) in [6, 6.07) is 5.69. The van der Waals surface area contributed by atoms with Crippen molar-refractivity contribution >= 4 is 10.0 Å². The number of fused-ring (bicyclic) bond motifs is 1. The Balaban J connectivity index is 2.39. The Hall–Kier alpha value is -0.870. The molecule has 1 aliphatic heterocycles. The zero-order chi connectivity index (χ0) is 11.8. The quantitative estimate of drug-likeness (QED) is 0.811. The maximum atomic E-state index is 12.2. The van der Waals surface area contributed by atoms with Crippen LogP contribution < -0.4 is 0 Å². The molecule has 0 saturated carbocycles. The monoisotopic (exact) mass is 239 g/mol. The molecule has 16 heavy (non-hydrogen) atoms. The van der Waals surface area contributed by atoms with Crippen LogP contribution in [-0.2, 0) is 16.6 Å². The minimum atomic E-state index is -3.22. The van der Waals surface area contributed by atoms with E-state index in [0.29, 0.717) is 18.0 Å². The van der Waals surface area contributed by atoms with Crippen LogP contribution in [0.5, 0.6) is 0 Å². The first-order valence-corrected chi connectivity index (χ1v) is 7.10. The lowest BCUT2D eigenvalue weighted by atomic mass is 10.1. The molecule has 0 unspecified atom stereocenters. The molecule has 88 valence electrons. The molecule has 0 radical (unpaired) electrons. The molecule has 1 aromatic carbocycles. The normalized spacial score (nSPS) is 18.6. The summed E-state index contributed by atoms with van der Waals surface area (Å²) in [7, 11) is -3.22. The third-order valence-corrected chi connectivity index (χ3v) is 5.09. The van der Waals surface area contributed by atoms with Gasteiger partial charge in [-0.25, -0.2) is 8.42 Å². The number of nitrogens with zero attached hydrogens (tertiary/aromatic N) is 1. The van der Waals surface area contributed by atoms with Crippen LogP contribution in [-0.4, -0.2) is 19.3 Å². The zero-order valence-corrected chi connectivity index (χ0v) is 10.5. The summed E-state index contributed by atoms with van der Waals surface area (Å²) in [5.41, 5.74) is 1.80. The van der Waals surface area contributed by atoms with Crippen LogP contribution in [0.1, 0.15) is 30.9 Å².